The lowest BCUT2D eigenvalue weighted by Gasteiger charge is -2.18. The van der Waals surface area contributed by atoms with Crippen LogP contribution in [0.3, 0.4) is 0 Å². The van der Waals surface area contributed by atoms with E-state index in [1.165, 1.54) is 0 Å². The van der Waals surface area contributed by atoms with E-state index in [-0.39, 0.29) is 23.9 Å². The van der Waals surface area contributed by atoms with Crippen LogP contribution in [-0.2, 0) is 14.8 Å². The van der Waals surface area contributed by atoms with E-state index in [2.05, 4.69) is 10.0 Å². The number of nitrogens with one attached hydrogen (secondary N) is 2. The molecule has 0 saturated heterocycles. The monoisotopic (exact) mass is 408 g/mol. The maximum atomic E-state index is 12.9. The average Bonchev–Trinajstić information content (AvgIpc) is 2.73. The van der Waals surface area contributed by atoms with Gasteiger partial charge in [-0.1, -0.05) is 78.4 Å². The predicted octanol–water partition coefficient (Wildman–Crippen LogP) is 3.22. The Balaban J connectivity index is 1.63. The predicted molar refractivity (Wildman–Crippen MR) is 114 cm³/mol. The highest BCUT2D eigenvalue weighted by molar-refractivity contribution is 7.89. The van der Waals surface area contributed by atoms with Gasteiger partial charge in [0.25, 0.3) is 0 Å². The molecule has 3 aromatic rings. The summed E-state index contributed by atoms with van der Waals surface area (Å²) in [4.78, 5) is 13.1. The van der Waals surface area contributed by atoms with Crippen LogP contribution in [-0.4, -0.2) is 27.4 Å². The standard InChI is InChI=1S/C23H24N2O3S/c1-18-12-14-21(15-13-18)29(27,28)25-17-16-24-23(26)22(19-8-4-2-5-9-19)20-10-6-3-7-11-20/h2-15,22,25H,16-17H2,1H3,(H,24,26). The first-order valence-electron chi connectivity index (χ1n) is 9.41. The van der Waals surface area contributed by atoms with Crippen LogP contribution < -0.4 is 10.0 Å². The number of benzene rings is 3. The average molecular weight is 409 g/mol. The molecule has 5 nitrogen and oxygen atoms in total. The van der Waals surface area contributed by atoms with Crippen molar-refractivity contribution in [3.8, 4) is 0 Å². The number of hydrogen-bond acceptors (Lipinski definition) is 3. The zero-order valence-corrected chi connectivity index (χ0v) is 17.0. The van der Waals surface area contributed by atoms with Gasteiger partial charge in [0.15, 0.2) is 0 Å². The lowest BCUT2D eigenvalue weighted by molar-refractivity contribution is -0.121. The van der Waals surface area contributed by atoms with Crippen molar-refractivity contribution in [1.29, 1.82) is 0 Å². The molecule has 0 aliphatic rings. The van der Waals surface area contributed by atoms with Gasteiger partial charge >= 0.3 is 0 Å². The number of carbonyl (C=O) groups is 1. The summed E-state index contributed by atoms with van der Waals surface area (Å²) in [5.41, 5.74) is 2.76. The first kappa shape index (κ1) is 20.8. The minimum Gasteiger partial charge on any atom is -0.354 e. The van der Waals surface area contributed by atoms with Crippen molar-refractivity contribution in [3.63, 3.8) is 0 Å². The minimum atomic E-state index is -3.60. The summed E-state index contributed by atoms with van der Waals surface area (Å²) in [6, 6.07) is 25.7. The third-order valence-corrected chi connectivity index (χ3v) is 6.05. The zero-order valence-electron chi connectivity index (χ0n) is 16.2. The fraction of sp³-hybridized carbons (Fsp3) is 0.174. The van der Waals surface area contributed by atoms with Gasteiger partial charge in [-0.05, 0) is 30.2 Å². The van der Waals surface area contributed by atoms with Gasteiger partial charge in [-0.15, -0.1) is 0 Å². The minimum absolute atomic E-state index is 0.109. The first-order chi connectivity index (χ1) is 14.0. The molecule has 0 heterocycles. The third-order valence-electron chi connectivity index (χ3n) is 4.58. The van der Waals surface area contributed by atoms with Crippen LogP contribution in [0, 0.1) is 6.92 Å². The summed E-state index contributed by atoms with van der Waals surface area (Å²) in [5, 5.41) is 2.85. The number of carbonyl (C=O) groups excluding carboxylic acids is 1. The molecule has 0 bridgehead atoms. The molecule has 0 unspecified atom stereocenters. The summed E-state index contributed by atoms with van der Waals surface area (Å²) < 4.78 is 27.2. The van der Waals surface area contributed by atoms with Crippen molar-refractivity contribution in [3.05, 3.63) is 102 Å². The van der Waals surface area contributed by atoms with Crippen molar-refractivity contribution in [2.75, 3.05) is 13.1 Å². The molecule has 1 amide bonds. The normalized spacial score (nSPS) is 11.4. The van der Waals surface area contributed by atoms with Crippen molar-refractivity contribution in [2.24, 2.45) is 0 Å². The molecule has 3 rings (SSSR count). The highest BCUT2D eigenvalue weighted by atomic mass is 32.2. The largest absolute Gasteiger partial charge is 0.354 e. The van der Waals surface area contributed by atoms with Crippen LogP contribution in [0.5, 0.6) is 0 Å². The van der Waals surface area contributed by atoms with Crippen molar-refractivity contribution < 1.29 is 13.2 Å². The Hall–Kier alpha value is -2.96. The topological polar surface area (TPSA) is 75.3 Å². The second kappa shape index (κ2) is 9.49. The third kappa shape index (κ3) is 5.53. The quantitative estimate of drug-likeness (QED) is 0.562. The Morgan fingerprint density at radius 1 is 0.793 bits per heavy atom. The summed E-state index contributed by atoms with van der Waals surface area (Å²) in [6.07, 6.45) is 0. The van der Waals surface area contributed by atoms with Crippen molar-refractivity contribution >= 4 is 15.9 Å². The first-order valence-corrected chi connectivity index (χ1v) is 10.9. The molecule has 0 aromatic heterocycles. The molecule has 0 radical (unpaired) electrons. The zero-order chi connectivity index (χ0) is 20.7. The molecule has 0 saturated carbocycles. The van der Waals surface area contributed by atoms with Crippen molar-refractivity contribution in [1.82, 2.24) is 10.0 Å². The van der Waals surface area contributed by atoms with Crippen molar-refractivity contribution in [2.45, 2.75) is 17.7 Å². The van der Waals surface area contributed by atoms with Gasteiger partial charge in [0.2, 0.25) is 15.9 Å². The number of amides is 1. The summed E-state index contributed by atoms with van der Waals surface area (Å²) in [7, 11) is -3.60. The molecule has 6 heteroatoms. The Morgan fingerprint density at radius 2 is 1.31 bits per heavy atom. The van der Waals surface area contributed by atoms with E-state index < -0.39 is 15.9 Å². The Kier molecular flexibility index (Phi) is 6.80. The molecule has 3 aromatic carbocycles. The molecule has 0 atom stereocenters. The maximum absolute atomic E-state index is 12.9. The van der Waals surface area contributed by atoms with Crippen LogP contribution in [0.1, 0.15) is 22.6 Å². The highest BCUT2D eigenvalue weighted by Gasteiger charge is 2.22. The second-order valence-electron chi connectivity index (χ2n) is 6.76. The van der Waals surface area contributed by atoms with Crippen LogP contribution in [0.4, 0.5) is 0 Å². The fourth-order valence-electron chi connectivity index (χ4n) is 3.06. The summed E-state index contributed by atoms with van der Waals surface area (Å²) in [6.45, 7) is 2.20. The molecule has 0 aliphatic heterocycles. The van der Waals surface area contributed by atoms with E-state index in [0.717, 1.165) is 16.7 Å². The maximum Gasteiger partial charge on any atom is 0.240 e. The number of rotatable bonds is 8. The molecule has 29 heavy (non-hydrogen) atoms. The highest BCUT2D eigenvalue weighted by Crippen LogP contribution is 2.24. The molecule has 0 aliphatic carbocycles. The molecular weight excluding hydrogens is 384 g/mol. The van der Waals surface area contributed by atoms with Crippen LogP contribution >= 0.6 is 0 Å². The van der Waals surface area contributed by atoms with Crippen LogP contribution in [0.25, 0.3) is 0 Å². The lowest BCUT2D eigenvalue weighted by atomic mass is 9.90. The van der Waals surface area contributed by atoms with E-state index >= 15 is 0 Å². The SMILES string of the molecule is Cc1ccc(S(=O)(=O)NCCNC(=O)C(c2ccccc2)c2ccccc2)cc1. The molecule has 0 spiro atoms. The van der Waals surface area contributed by atoms with Crippen LogP contribution in [0.15, 0.2) is 89.8 Å². The van der Waals surface area contributed by atoms with Gasteiger partial charge in [-0.25, -0.2) is 13.1 Å². The number of aryl methyl sites for hydroxylation is 1. The Labute approximate surface area is 171 Å². The van der Waals surface area contributed by atoms with Gasteiger partial charge < -0.3 is 5.32 Å². The van der Waals surface area contributed by atoms with Gasteiger partial charge in [-0.3, -0.25) is 4.79 Å². The van der Waals surface area contributed by atoms with E-state index in [9.17, 15) is 13.2 Å². The van der Waals surface area contributed by atoms with E-state index in [4.69, 9.17) is 0 Å². The van der Waals surface area contributed by atoms with Gasteiger partial charge in [0.05, 0.1) is 10.8 Å². The molecule has 2 N–H and O–H groups in total. The number of sulfonamides is 1. The smallest absolute Gasteiger partial charge is 0.240 e. The lowest BCUT2D eigenvalue weighted by Crippen LogP contribution is -2.37. The van der Waals surface area contributed by atoms with Gasteiger partial charge in [0, 0.05) is 13.1 Å². The molecule has 150 valence electrons. The molecule has 0 fully saturated rings. The van der Waals surface area contributed by atoms with E-state index in [1.807, 2.05) is 67.6 Å². The summed E-state index contributed by atoms with van der Waals surface area (Å²) >= 11 is 0. The number of hydrogen-bond donors (Lipinski definition) is 2. The van der Waals surface area contributed by atoms with Crippen LogP contribution in [0.2, 0.25) is 0 Å². The Morgan fingerprint density at radius 3 is 1.83 bits per heavy atom. The molecular formula is C23H24N2O3S. The van der Waals surface area contributed by atoms with Gasteiger partial charge in [0.1, 0.15) is 0 Å². The second-order valence-corrected chi connectivity index (χ2v) is 8.52. The van der Waals surface area contributed by atoms with E-state index in [0.29, 0.717) is 0 Å². The fourth-order valence-corrected chi connectivity index (χ4v) is 4.09. The van der Waals surface area contributed by atoms with E-state index in [1.54, 1.807) is 24.3 Å². The summed E-state index contributed by atoms with van der Waals surface area (Å²) in [5.74, 6) is -0.622. The van der Waals surface area contributed by atoms with Gasteiger partial charge in [-0.2, -0.15) is 0 Å². The Bertz CT molecular complexity index is 995.